The maximum atomic E-state index is 13.4. The van der Waals surface area contributed by atoms with Crippen molar-refractivity contribution >= 4 is 44.7 Å². The zero-order valence-electron chi connectivity index (χ0n) is 18.4. The molecule has 10 nitrogen and oxygen atoms in total. The Hall–Kier alpha value is -4.12. The van der Waals surface area contributed by atoms with Crippen LogP contribution in [0.4, 0.5) is 0 Å². The van der Waals surface area contributed by atoms with Crippen molar-refractivity contribution in [3.05, 3.63) is 74.4 Å². The number of nitrogens with zero attached hydrogens (tertiary/aromatic N) is 6. The van der Waals surface area contributed by atoms with Crippen molar-refractivity contribution in [2.24, 2.45) is 12.0 Å². The third kappa shape index (κ3) is 3.16. The van der Waals surface area contributed by atoms with Crippen molar-refractivity contribution in [1.29, 1.82) is 0 Å². The van der Waals surface area contributed by atoms with Gasteiger partial charge in [0.25, 0.3) is 5.56 Å². The quantitative estimate of drug-likeness (QED) is 0.406. The van der Waals surface area contributed by atoms with Gasteiger partial charge in [0.05, 0.1) is 29.7 Å². The van der Waals surface area contributed by atoms with Crippen LogP contribution < -0.4 is 10.9 Å². The van der Waals surface area contributed by atoms with E-state index in [4.69, 9.17) is 4.98 Å². The van der Waals surface area contributed by atoms with Gasteiger partial charge in [0.1, 0.15) is 16.6 Å². The first-order valence-electron chi connectivity index (χ1n) is 10.7. The lowest BCUT2D eigenvalue weighted by Gasteiger charge is -2.13. The summed E-state index contributed by atoms with van der Waals surface area (Å²) >= 11 is 1.43. The van der Waals surface area contributed by atoms with Gasteiger partial charge in [-0.15, -0.1) is 11.3 Å². The monoisotopic (exact) mass is 472 g/mol. The molecule has 0 radical (unpaired) electrons. The molecule has 6 rings (SSSR count). The van der Waals surface area contributed by atoms with Gasteiger partial charge in [-0.25, -0.2) is 9.67 Å². The normalized spacial score (nSPS) is 13.6. The molecule has 1 aliphatic rings. The van der Waals surface area contributed by atoms with Gasteiger partial charge in [-0.05, 0) is 17.2 Å². The Kier molecular flexibility index (Phi) is 4.66. The highest BCUT2D eigenvalue weighted by Crippen LogP contribution is 2.35. The molecule has 2 N–H and O–H groups in total. The van der Waals surface area contributed by atoms with Gasteiger partial charge in [-0.3, -0.25) is 19.7 Å². The zero-order valence-corrected chi connectivity index (χ0v) is 19.3. The summed E-state index contributed by atoms with van der Waals surface area (Å²) in [4.78, 5) is 34.4. The van der Waals surface area contributed by atoms with Crippen LogP contribution in [0.15, 0.2) is 46.4 Å². The minimum Gasteiger partial charge on any atom is -0.342 e. The number of H-pyrrole nitrogens is 1. The Balaban J connectivity index is 1.44. The fourth-order valence-electron chi connectivity index (χ4n) is 4.45. The Morgan fingerprint density at radius 1 is 1.32 bits per heavy atom. The molecule has 1 aromatic carbocycles. The molecule has 1 atom stereocenters. The number of benzene rings is 1. The molecule has 1 unspecified atom stereocenters. The largest absolute Gasteiger partial charge is 0.342 e. The summed E-state index contributed by atoms with van der Waals surface area (Å²) in [5.74, 6) is -0.175. The lowest BCUT2D eigenvalue weighted by molar-refractivity contribution is -0.119. The minimum atomic E-state index is -0.456. The van der Waals surface area contributed by atoms with E-state index in [1.165, 1.54) is 22.9 Å². The number of hydrogen-bond donors (Lipinski definition) is 2. The number of amides is 1. The van der Waals surface area contributed by atoms with Crippen LogP contribution in [0, 0.1) is 0 Å². The molecule has 11 heteroatoms. The van der Waals surface area contributed by atoms with E-state index in [9.17, 15) is 9.59 Å². The van der Waals surface area contributed by atoms with Gasteiger partial charge in [-0.1, -0.05) is 18.2 Å². The van der Waals surface area contributed by atoms with Gasteiger partial charge in [0, 0.05) is 37.3 Å². The second-order valence-electron chi connectivity index (χ2n) is 8.24. The highest BCUT2D eigenvalue weighted by atomic mass is 32.1. The van der Waals surface area contributed by atoms with E-state index < -0.39 is 6.04 Å². The molecule has 0 spiro atoms. The van der Waals surface area contributed by atoms with Crippen LogP contribution >= 0.6 is 11.3 Å². The Morgan fingerprint density at radius 3 is 3.00 bits per heavy atom. The smallest absolute Gasteiger partial charge is 0.291 e. The number of aromatic nitrogens is 6. The zero-order chi connectivity index (χ0) is 23.4. The number of aliphatic imine (C=N–C) groups is 1. The van der Waals surface area contributed by atoms with Gasteiger partial charge in [-0.2, -0.15) is 10.2 Å². The van der Waals surface area contributed by atoms with Gasteiger partial charge >= 0.3 is 0 Å². The first-order chi connectivity index (χ1) is 16.5. The summed E-state index contributed by atoms with van der Waals surface area (Å²) in [6.07, 6.45) is 5.22. The van der Waals surface area contributed by atoms with Crippen LogP contribution in [0.2, 0.25) is 0 Å². The number of thiazole rings is 1. The van der Waals surface area contributed by atoms with Gasteiger partial charge in [0.15, 0.2) is 5.65 Å². The number of carbonyl (C=O) groups excluding carboxylic acids is 1. The maximum Gasteiger partial charge on any atom is 0.291 e. The Morgan fingerprint density at radius 2 is 2.21 bits per heavy atom. The van der Waals surface area contributed by atoms with Crippen LogP contribution in [0.5, 0.6) is 0 Å². The molecule has 0 fully saturated rings. The summed E-state index contributed by atoms with van der Waals surface area (Å²) in [5.41, 5.74) is 5.03. The fraction of sp³-hybridized carbons (Fsp3) is 0.217. The van der Waals surface area contributed by atoms with Crippen molar-refractivity contribution < 1.29 is 4.79 Å². The molecular formula is C23H20N8O2S. The standard InChI is InChI=1S/C23H20N8O2S/c1-12(32)27-18(17-6-7-25-29-17)22-28-21-20(34-22)16-10-26-31(23(33)19(16)30(21)2)11-14-5-3-4-13-8-24-9-15(13)14/h3-7,9-10,18H,8,11H2,1-2H3,(H,25,29)(H,27,32). The molecule has 170 valence electrons. The SMILES string of the molecule is CC(=O)NC(c1ccn[nH]1)c1nc2c(s1)c1cnn(Cc3cccc4c3C=NC4)c(=O)c1n2C. The van der Waals surface area contributed by atoms with Crippen molar-refractivity contribution in [2.75, 3.05) is 0 Å². The molecule has 0 bridgehead atoms. The van der Waals surface area contributed by atoms with Crippen molar-refractivity contribution in [2.45, 2.75) is 26.1 Å². The summed E-state index contributed by atoms with van der Waals surface area (Å²) in [5, 5.41) is 15.7. The lowest BCUT2D eigenvalue weighted by atomic mass is 10.0. The first-order valence-corrected chi connectivity index (χ1v) is 11.5. The lowest BCUT2D eigenvalue weighted by Crippen LogP contribution is -2.27. The van der Waals surface area contributed by atoms with Gasteiger partial charge < -0.3 is 9.88 Å². The van der Waals surface area contributed by atoms with E-state index in [-0.39, 0.29) is 11.5 Å². The molecule has 4 aromatic heterocycles. The molecule has 34 heavy (non-hydrogen) atoms. The number of hydrogen-bond acceptors (Lipinski definition) is 7. The summed E-state index contributed by atoms with van der Waals surface area (Å²) in [6.45, 7) is 2.50. The molecule has 0 saturated heterocycles. The first kappa shape index (κ1) is 20.5. The van der Waals surface area contributed by atoms with E-state index in [2.05, 4.69) is 31.7 Å². The Labute approximate surface area is 197 Å². The fourth-order valence-corrected chi connectivity index (χ4v) is 5.63. The van der Waals surface area contributed by atoms with E-state index in [1.807, 2.05) is 25.4 Å². The van der Waals surface area contributed by atoms with Gasteiger partial charge in [0.2, 0.25) is 5.91 Å². The average molecular weight is 473 g/mol. The van der Waals surface area contributed by atoms with Crippen molar-refractivity contribution in [3.63, 3.8) is 0 Å². The molecular weight excluding hydrogens is 452 g/mol. The number of aryl methyl sites for hydroxylation is 1. The molecule has 0 aliphatic carbocycles. The van der Waals surface area contributed by atoms with Crippen LogP contribution in [0.3, 0.4) is 0 Å². The number of fused-ring (bicyclic) bond motifs is 4. The highest BCUT2D eigenvalue weighted by Gasteiger charge is 2.25. The van der Waals surface area contributed by atoms with Crippen LogP contribution in [-0.4, -0.2) is 41.7 Å². The molecule has 5 aromatic rings. The average Bonchev–Trinajstić information content (AvgIpc) is 3.60. The van der Waals surface area contributed by atoms with Crippen molar-refractivity contribution in [3.8, 4) is 0 Å². The minimum absolute atomic E-state index is 0.175. The topological polar surface area (TPSA) is 123 Å². The predicted molar refractivity (Wildman–Crippen MR) is 129 cm³/mol. The number of aromatic amines is 1. The summed E-state index contributed by atoms with van der Waals surface area (Å²) < 4.78 is 4.14. The molecule has 0 saturated carbocycles. The molecule has 5 heterocycles. The second-order valence-corrected chi connectivity index (χ2v) is 9.27. The van der Waals surface area contributed by atoms with E-state index in [1.54, 1.807) is 23.0 Å². The third-order valence-corrected chi connectivity index (χ3v) is 7.20. The number of carbonyl (C=O) groups is 1. The third-order valence-electron chi connectivity index (χ3n) is 6.06. The molecule has 1 amide bonds. The van der Waals surface area contributed by atoms with E-state index in [0.717, 1.165) is 32.5 Å². The summed E-state index contributed by atoms with van der Waals surface area (Å²) in [6, 6.07) is 7.39. The van der Waals surface area contributed by atoms with E-state index in [0.29, 0.717) is 29.3 Å². The predicted octanol–water partition coefficient (Wildman–Crippen LogP) is 2.27. The second kappa shape index (κ2) is 7.73. The number of nitrogens with one attached hydrogen (secondary N) is 2. The number of rotatable bonds is 5. The van der Waals surface area contributed by atoms with E-state index >= 15 is 0 Å². The summed E-state index contributed by atoms with van der Waals surface area (Å²) in [7, 11) is 1.83. The molecule has 1 aliphatic heterocycles. The maximum absolute atomic E-state index is 13.4. The van der Waals surface area contributed by atoms with Crippen LogP contribution in [-0.2, 0) is 24.9 Å². The van der Waals surface area contributed by atoms with Crippen molar-refractivity contribution in [1.82, 2.24) is 34.8 Å². The van der Waals surface area contributed by atoms with Crippen LogP contribution in [0.25, 0.3) is 21.3 Å². The highest BCUT2D eigenvalue weighted by molar-refractivity contribution is 7.19. The Bertz CT molecular complexity index is 1660. The van der Waals surface area contributed by atoms with Crippen LogP contribution in [0.1, 0.15) is 40.4 Å².